The van der Waals surface area contributed by atoms with Gasteiger partial charge in [0.2, 0.25) is 5.91 Å². The molecule has 4 aliphatic carbocycles. The van der Waals surface area contributed by atoms with Crippen LogP contribution in [0.15, 0.2) is 18.2 Å². The fraction of sp³-hybridized carbons (Fsp3) is 0.667. The molecule has 1 aromatic carbocycles. The second-order valence-electron chi connectivity index (χ2n) is 8.89. The Balaban J connectivity index is 1.32. The zero-order valence-corrected chi connectivity index (χ0v) is 15.8. The van der Waals surface area contributed by atoms with E-state index in [1.165, 1.54) is 51.7 Å². The van der Waals surface area contributed by atoms with Gasteiger partial charge in [-0.1, -0.05) is 6.07 Å². The van der Waals surface area contributed by atoms with Crippen LogP contribution >= 0.6 is 0 Å². The first-order valence-electron chi connectivity index (χ1n) is 9.77. The molecule has 4 nitrogen and oxygen atoms in total. The Morgan fingerprint density at radius 1 is 1.23 bits per heavy atom. The first kappa shape index (κ1) is 17.8. The molecular weight excluding hydrogens is 331 g/mol. The highest BCUT2D eigenvalue weighted by molar-refractivity contribution is 5.79. The lowest BCUT2D eigenvalue weighted by Crippen LogP contribution is -2.60. The number of benzene rings is 1. The standard InChI is InChI=1S/C21H29FN2O2/c1-24(12-14-3-4-19(26-2)18(22)8-14)13-20(25)23-21-9-15-5-16(10-21)7-17(6-15)11-21/h3-4,8,15-17H,5-7,9-13H2,1-2H3,(H,23,25). The third kappa shape index (κ3) is 3.59. The Hall–Kier alpha value is -1.62. The molecule has 1 amide bonds. The predicted octanol–water partition coefficient (Wildman–Crippen LogP) is 3.35. The monoisotopic (exact) mass is 360 g/mol. The van der Waals surface area contributed by atoms with E-state index in [2.05, 4.69) is 5.32 Å². The van der Waals surface area contributed by atoms with Crippen LogP contribution in [0.1, 0.15) is 44.1 Å². The van der Waals surface area contributed by atoms with Crippen LogP contribution in [0.2, 0.25) is 0 Å². The van der Waals surface area contributed by atoms with E-state index in [4.69, 9.17) is 4.74 Å². The molecule has 26 heavy (non-hydrogen) atoms. The molecule has 1 aromatic rings. The Kier molecular flexibility index (Phi) is 4.68. The van der Waals surface area contributed by atoms with E-state index in [0.717, 1.165) is 23.3 Å². The largest absolute Gasteiger partial charge is 0.494 e. The zero-order chi connectivity index (χ0) is 18.3. The van der Waals surface area contributed by atoms with Crippen LogP contribution in [0.3, 0.4) is 0 Å². The van der Waals surface area contributed by atoms with Gasteiger partial charge in [-0.3, -0.25) is 9.69 Å². The summed E-state index contributed by atoms with van der Waals surface area (Å²) in [6, 6.07) is 4.95. The Morgan fingerprint density at radius 3 is 2.38 bits per heavy atom. The molecule has 4 saturated carbocycles. The number of nitrogens with zero attached hydrogens (tertiary/aromatic N) is 1. The number of likely N-dealkylation sites (N-methyl/N-ethyl adjacent to an activating group) is 1. The molecule has 1 N–H and O–H groups in total. The SMILES string of the molecule is COc1ccc(CN(C)CC(=O)NC23CC4CC(CC(C4)C2)C3)cc1F. The van der Waals surface area contributed by atoms with E-state index in [1.807, 2.05) is 18.0 Å². The number of carbonyl (C=O) groups is 1. The van der Waals surface area contributed by atoms with E-state index < -0.39 is 0 Å². The number of methoxy groups -OCH3 is 1. The van der Waals surface area contributed by atoms with Crippen molar-refractivity contribution in [2.45, 2.75) is 50.6 Å². The topological polar surface area (TPSA) is 41.6 Å². The van der Waals surface area contributed by atoms with Crippen molar-refractivity contribution >= 4 is 5.91 Å². The summed E-state index contributed by atoms with van der Waals surface area (Å²) in [5, 5.41) is 3.40. The third-order valence-corrected chi connectivity index (χ3v) is 6.53. The summed E-state index contributed by atoms with van der Waals surface area (Å²) in [6.07, 6.45) is 7.61. The molecule has 0 heterocycles. The molecule has 0 spiro atoms. The van der Waals surface area contributed by atoms with Crippen molar-refractivity contribution in [3.8, 4) is 5.75 Å². The second-order valence-corrected chi connectivity index (χ2v) is 8.89. The lowest BCUT2D eigenvalue weighted by Gasteiger charge is -2.57. The van der Waals surface area contributed by atoms with Crippen molar-refractivity contribution in [3.05, 3.63) is 29.6 Å². The van der Waals surface area contributed by atoms with Crippen molar-refractivity contribution in [2.75, 3.05) is 20.7 Å². The molecule has 0 radical (unpaired) electrons. The maximum absolute atomic E-state index is 13.8. The molecule has 4 aliphatic rings. The van der Waals surface area contributed by atoms with E-state index in [1.54, 1.807) is 6.07 Å². The summed E-state index contributed by atoms with van der Waals surface area (Å²) in [5.74, 6) is 2.44. The highest BCUT2D eigenvalue weighted by atomic mass is 19.1. The minimum Gasteiger partial charge on any atom is -0.494 e. The summed E-state index contributed by atoms with van der Waals surface area (Å²) in [6.45, 7) is 0.880. The van der Waals surface area contributed by atoms with Gasteiger partial charge in [0.05, 0.1) is 13.7 Å². The van der Waals surface area contributed by atoms with Gasteiger partial charge in [0.15, 0.2) is 11.6 Å². The summed E-state index contributed by atoms with van der Waals surface area (Å²) in [7, 11) is 3.36. The van der Waals surface area contributed by atoms with Crippen LogP contribution in [-0.4, -0.2) is 37.0 Å². The number of halogens is 1. The van der Waals surface area contributed by atoms with Gasteiger partial charge in [0, 0.05) is 12.1 Å². The Bertz CT molecular complexity index is 655. The zero-order valence-electron chi connectivity index (χ0n) is 15.8. The Labute approximate surface area is 155 Å². The smallest absolute Gasteiger partial charge is 0.234 e. The quantitative estimate of drug-likeness (QED) is 0.846. The number of nitrogens with one attached hydrogen (secondary N) is 1. The van der Waals surface area contributed by atoms with Gasteiger partial charge in [0.1, 0.15) is 0 Å². The second kappa shape index (κ2) is 6.84. The van der Waals surface area contributed by atoms with E-state index in [-0.39, 0.29) is 23.0 Å². The van der Waals surface area contributed by atoms with Crippen LogP contribution in [0.25, 0.3) is 0 Å². The molecular formula is C21H29FN2O2. The normalized spacial score (nSPS) is 32.1. The molecule has 5 rings (SSSR count). The maximum Gasteiger partial charge on any atom is 0.234 e. The number of rotatable bonds is 6. The molecule has 4 bridgehead atoms. The summed E-state index contributed by atoms with van der Waals surface area (Å²) in [4.78, 5) is 14.6. The molecule has 0 unspecified atom stereocenters. The first-order chi connectivity index (χ1) is 12.4. The minimum atomic E-state index is -0.364. The van der Waals surface area contributed by atoms with Gasteiger partial charge in [-0.05, 0) is 81.0 Å². The van der Waals surface area contributed by atoms with E-state index in [9.17, 15) is 9.18 Å². The van der Waals surface area contributed by atoms with E-state index >= 15 is 0 Å². The molecule has 142 valence electrons. The van der Waals surface area contributed by atoms with Crippen LogP contribution in [0, 0.1) is 23.6 Å². The van der Waals surface area contributed by atoms with Gasteiger partial charge in [0.25, 0.3) is 0 Å². The van der Waals surface area contributed by atoms with Crippen LogP contribution in [0.5, 0.6) is 5.75 Å². The Morgan fingerprint density at radius 2 is 1.85 bits per heavy atom. The number of ether oxygens (including phenoxy) is 1. The summed E-state index contributed by atoms with van der Waals surface area (Å²) in [5.41, 5.74) is 0.896. The minimum absolute atomic E-state index is 0.0545. The molecule has 4 fully saturated rings. The average Bonchev–Trinajstić information content (AvgIpc) is 2.52. The van der Waals surface area contributed by atoms with Crippen LogP contribution in [0.4, 0.5) is 4.39 Å². The van der Waals surface area contributed by atoms with Crippen LogP contribution in [-0.2, 0) is 11.3 Å². The van der Waals surface area contributed by atoms with Crippen molar-refractivity contribution in [1.29, 1.82) is 0 Å². The number of carbonyl (C=O) groups excluding carboxylic acids is 1. The lowest BCUT2D eigenvalue weighted by molar-refractivity contribution is -0.127. The fourth-order valence-electron chi connectivity index (χ4n) is 6.02. The number of hydrogen-bond donors (Lipinski definition) is 1. The van der Waals surface area contributed by atoms with E-state index in [0.29, 0.717) is 13.1 Å². The van der Waals surface area contributed by atoms with Gasteiger partial charge in [-0.2, -0.15) is 0 Å². The average molecular weight is 360 g/mol. The third-order valence-electron chi connectivity index (χ3n) is 6.53. The predicted molar refractivity (Wildman–Crippen MR) is 98.3 cm³/mol. The van der Waals surface area contributed by atoms with Crippen molar-refractivity contribution in [1.82, 2.24) is 10.2 Å². The summed E-state index contributed by atoms with van der Waals surface area (Å²) >= 11 is 0. The summed E-state index contributed by atoms with van der Waals surface area (Å²) < 4.78 is 18.8. The first-order valence-corrected chi connectivity index (χ1v) is 9.77. The fourth-order valence-corrected chi connectivity index (χ4v) is 6.02. The van der Waals surface area contributed by atoms with Crippen LogP contribution < -0.4 is 10.1 Å². The van der Waals surface area contributed by atoms with Crippen molar-refractivity contribution < 1.29 is 13.9 Å². The highest BCUT2D eigenvalue weighted by Gasteiger charge is 2.51. The van der Waals surface area contributed by atoms with Crippen molar-refractivity contribution in [2.24, 2.45) is 17.8 Å². The molecule has 5 heteroatoms. The van der Waals surface area contributed by atoms with Gasteiger partial charge in [-0.15, -0.1) is 0 Å². The van der Waals surface area contributed by atoms with Gasteiger partial charge in [-0.25, -0.2) is 4.39 Å². The van der Waals surface area contributed by atoms with Gasteiger partial charge >= 0.3 is 0 Å². The molecule has 0 aromatic heterocycles. The maximum atomic E-state index is 13.8. The van der Waals surface area contributed by atoms with Crippen molar-refractivity contribution in [3.63, 3.8) is 0 Å². The molecule has 0 aliphatic heterocycles. The molecule has 0 saturated heterocycles. The highest BCUT2D eigenvalue weighted by Crippen LogP contribution is 2.55. The number of amides is 1. The van der Waals surface area contributed by atoms with Gasteiger partial charge < -0.3 is 10.1 Å². The lowest BCUT2D eigenvalue weighted by atomic mass is 9.53. The number of hydrogen-bond acceptors (Lipinski definition) is 3. The molecule has 0 atom stereocenters.